The van der Waals surface area contributed by atoms with Crippen LogP contribution in [0.4, 0.5) is 9.80 Å². The molecule has 0 atom stereocenters. The lowest BCUT2D eigenvalue weighted by Gasteiger charge is -2.26. The zero-order valence-corrected chi connectivity index (χ0v) is 14.4. The Labute approximate surface area is 144 Å². The number of hydrogen-bond acceptors (Lipinski definition) is 5. The van der Waals surface area contributed by atoms with Crippen LogP contribution in [0.15, 0.2) is 0 Å². The lowest BCUT2D eigenvalue weighted by molar-refractivity contribution is -0.122. The number of nitrogens with zero attached hydrogens (tertiary/aromatic N) is 1. The van der Waals surface area contributed by atoms with E-state index < -0.39 is 5.91 Å². The molecule has 2 heterocycles. The average molecular weight is 351 g/mol. The molecule has 0 spiro atoms. The maximum atomic E-state index is 12.2. The third kappa shape index (κ3) is 3.10. The van der Waals surface area contributed by atoms with Crippen LogP contribution in [0.2, 0.25) is 0 Å². The van der Waals surface area contributed by atoms with Gasteiger partial charge in [0.1, 0.15) is 5.00 Å². The predicted octanol–water partition coefficient (Wildman–Crippen LogP) is 2.10. The summed E-state index contributed by atoms with van der Waals surface area (Å²) in [6, 6.07) is 0. The van der Waals surface area contributed by atoms with E-state index in [-0.39, 0.29) is 17.9 Å². The molecule has 1 saturated carbocycles. The molecule has 3 N–H and O–H groups in total. The number of rotatable bonds is 4. The van der Waals surface area contributed by atoms with Gasteiger partial charge in [0.2, 0.25) is 5.91 Å². The quantitative estimate of drug-likeness (QED) is 0.867. The number of hydrogen-bond donors (Lipinski definition) is 2. The van der Waals surface area contributed by atoms with Gasteiger partial charge in [-0.15, -0.1) is 11.3 Å². The Morgan fingerprint density at radius 1 is 1.38 bits per heavy atom. The van der Waals surface area contributed by atoms with Gasteiger partial charge in [-0.2, -0.15) is 0 Å². The van der Waals surface area contributed by atoms with Gasteiger partial charge in [0.05, 0.1) is 18.7 Å². The standard InChI is InChI=1S/C16H21N3O4S/c1-2-23-16(22)19-7-6-10-11(8-19)24-15(12(10)13(17)20)18-14(21)9-4-3-5-9/h9H,2-8H2,1H3,(H2,17,20)(H,18,21). The average Bonchev–Trinajstić information content (AvgIpc) is 2.82. The van der Waals surface area contributed by atoms with Gasteiger partial charge in [-0.3, -0.25) is 9.59 Å². The highest BCUT2D eigenvalue weighted by atomic mass is 32.1. The monoisotopic (exact) mass is 351 g/mol. The van der Waals surface area contributed by atoms with E-state index in [1.54, 1.807) is 11.8 Å². The molecule has 3 rings (SSSR count). The van der Waals surface area contributed by atoms with E-state index >= 15 is 0 Å². The smallest absolute Gasteiger partial charge is 0.410 e. The van der Waals surface area contributed by atoms with Gasteiger partial charge in [-0.05, 0) is 31.7 Å². The van der Waals surface area contributed by atoms with Crippen molar-refractivity contribution in [1.82, 2.24) is 4.90 Å². The Morgan fingerprint density at radius 3 is 2.71 bits per heavy atom. The molecule has 1 fully saturated rings. The van der Waals surface area contributed by atoms with Gasteiger partial charge in [0.25, 0.3) is 5.91 Å². The van der Waals surface area contributed by atoms with Crippen molar-refractivity contribution in [2.24, 2.45) is 11.7 Å². The zero-order chi connectivity index (χ0) is 17.3. The van der Waals surface area contributed by atoms with Gasteiger partial charge in [0.15, 0.2) is 0 Å². The molecule has 0 aromatic carbocycles. The van der Waals surface area contributed by atoms with Crippen LogP contribution < -0.4 is 11.1 Å². The predicted molar refractivity (Wildman–Crippen MR) is 89.9 cm³/mol. The first-order valence-electron chi connectivity index (χ1n) is 8.18. The molecule has 24 heavy (non-hydrogen) atoms. The summed E-state index contributed by atoms with van der Waals surface area (Å²) in [6.45, 7) is 2.93. The van der Waals surface area contributed by atoms with Crippen LogP contribution in [0, 0.1) is 5.92 Å². The normalized spacial score (nSPS) is 17.0. The fourth-order valence-electron chi connectivity index (χ4n) is 3.01. The number of anilines is 1. The van der Waals surface area contributed by atoms with Crippen molar-refractivity contribution in [1.29, 1.82) is 0 Å². The lowest BCUT2D eigenvalue weighted by atomic mass is 9.85. The minimum Gasteiger partial charge on any atom is -0.450 e. The van der Waals surface area contributed by atoms with E-state index in [0.29, 0.717) is 36.7 Å². The van der Waals surface area contributed by atoms with E-state index in [1.165, 1.54) is 11.3 Å². The molecule has 1 aromatic heterocycles. The topological polar surface area (TPSA) is 102 Å². The fraction of sp³-hybridized carbons (Fsp3) is 0.562. The molecule has 1 aliphatic carbocycles. The van der Waals surface area contributed by atoms with Crippen molar-refractivity contribution < 1.29 is 19.1 Å². The first-order chi connectivity index (χ1) is 11.5. The van der Waals surface area contributed by atoms with Crippen LogP contribution in [0.25, 0.3) is 0 Å². The summed E-state index contributed by atoms with van der Waals surface area (Å²) in [4.78, 5) is 38.5. The number of carbonyl (C=O) groups is 3. The molecule has 2 aliphatic rings. The van der Waals surface area contributed by atoms with Crippen molar-refractivity contribution in [3.05, 3.63) is 16.0 Å². The Bertz CT molecular complexity index is 681. The molecule has 3 amide bonds. The number of fused-ring (bicyclic) bond motifs is 1. The second-order valence-electron chi connectivity index (χ2n) is 6.06. The Morgan fingerprint density at radius 2 is 2.12 bits per heavy atom. The molecule has 0 saturated heterocycles. The number of carbonyl (C=O) groups excluding carboxylic acids is 3. The zero-order valence-electron chi connectivity index (χ0n) is 13.6. The highest BCUT2D eigenvalue weighted by molar-refractivity contribution is 7.17. The van der Waals surface area contributed by atoms with Gasteiger partial charge in [-0.1, -0.05) is 6.42 Å². The molecular weight excluding hydrogens is 330 g/mol. The van der Waals surface area contributed by atoms with Crippen molar-refractivity contribution in [3.63, 3.8) is 0 Å². The summed E-state index contributed by atoms with van der Waals surface area (Å²) in [5.41, 5.74) is 6.77. The summed E-state index contributed by atoms with van der Waals surface area (Å²) < 4.78 is 5.03. The van der Waals surface area contributed by atoms with E-state index in [2.05, 4.69) is 5.32 Å². The SMILES string of the molecule is CCOC(=O)N1CCc2c(sc(NC(=O)C3CCC3)c2C(N)=O)C1. The second-order valence-corrected chi connectivity index (χ2v) is 7.16. The largest absolute Gasteiger partial charge is 0.450 e. The first kappa shape index (κ1) is 16.8. The second kappa shape index (κ2) is 6.80. The molecule has 0 bridgehead atoms. The lowest BCUT2D eigenvalue weighted by Crippen LogP contribution is -2.36. The van der Waals surface area contributed by atoms with Crippen LogP contribution >= 0.6 is 11.3 Å². The Balaban J connectivity index is 1.82. The van der Waals surface area contributed by atoms with Crippen molar-refractivity contribution in [3.8, 4) is 0 Å². The van der Waals surface area contributed by atoms with Gasteiger partial charge < -0.3 is 20.7 Å². The first-order valence-corrected chi connectivity index (χ1v) is 8.99. The van der Waals surface area contributed by atoms with Crippen LogP contribution in [-0.4, -0.2) is 36.0 Å². The highest BCUT2D eigenvalue weighted by Crippen LogP contribution is 2.38. The third-order valence-corrected chi connectivity index (χ3v) is 5.67. The summed E-state index contributed by atoms with van der Waals surface area (Å²) in [5, 5.41) is 3.37. The Hall–Kier alpha value is -2.09. The molecular formula is C16H21N3O4S. The molecule has 7 nitrogen and oxygen atoms in total. The number of nitrogens with two attached hydrogens (primary N) is 1. The van der Waals surface area contributed by atoms with Crippen LogP contribution in [0.3, 0.4) is 0 Å². The summed E-state index contributed by atoms with van der Waals surface area (Å²) in [6.07, 6.45) is 3.01. The van der Waals surface area contributed by atoms with Crippen molar-refractivity contribution >= 4 is 34.2 Å². The number of primary amides is 1. The summed E-state index contributed by atoms with van der Waals surface area (Å²) in [7, 11) is 0. The molecule has 1 aromatic rings. The third-order valence-electron chi connectivity index (χ3n) is 4.54. The number of thiophene rings is 1. The van der Waals surface area contributed by atoms with E-state index in [0.717, 1.165) is 29.7 Å². The van der Waals surface area contributed by atoms with Crippen LogP contribution in [-0.2, 0) is 22.5 Å². The van der Waals surface area contributed by atoms with Gasteiger partial charge in [0, 0.05) is 17.3 Å². The highest BCUT2D eigenvalue weighted by Gasteiger charge is 2.32. The minimum atomic E-state index is -0.541. The molecule has 1 aliphatic heterocycles. The number of ether oxygens (including phenoxy) is 1. The maximum Gasteiger partial charge on any atom is 0.410 e. The maximum absolute atomic E-state index is 12.2. The molecule has 8 heteroatoms. The van der Waals surface area contributed by atoms with Gasteiger partial charge >= 0.3 is 6.09 Å². The van der Waals surface area contributed by atoms with Crippen LogP contribution in [0.1, 0.15) is 47.0 Å². The van der Waals surface area contributed by atoms with E-state index in [9.17, 15) is 14.4 Å². The van der Waals surface area contributed by atoms with Crippen molar-refractivity contribution in [2.45, 2.75) is 39.2 Å². The van der Waals surface area contributed by atoms with E-state index in [4.69, 9.17) is 10.5 Å². The number of amides is 3. The minimum absolute atomic E-state index is 0.0286. The van der Waals surface area contributed by atoms with Crippen molar-refractivity contribution in [2.75, 3.05) is 18.5 Å². The molecule has 130 valence electrons. The van der Waals surface area contributed by atoms with Crippen LogP contribution in [0.5, 0.6) is 0 Å². The van der Waals surface area contributed by atoms with E-state index in [1.807, 2.05) is 0 Å². The summed E-state index contributed by atoms with van der Waals surface area (Å²) in [5.74, 6) is -0.563. The number of nitrogens with one attached hydrogen (secondary N) is 1. The fourth-order valence-corrected chi connectivity index (χ4v) is 4.28. The molecule has 0 radical (unpaired) electrons. The summed E-state index contributed by atoms with van der Waals surface area (Å²) >= 11 is 1.33. The Kier molecular flexibility index (Phi) is 4.75. The molecule has 0 unspecified atom stereocenters. The van der Waals surface area contributed by atoms with Gasteiger partial charge in [-0.25, -0.2) is 4.79 Å².